The molecule has 1 aliphatic carbocycles. The Kier molecular flexibility index (Phi) is 4.05. The molecular formula is C15H20F2N2O. The van der Waals surface area contributed by atoms with Crippen molar-refractivity contribution in [1.82, 2.24) is 5.32 Å². The Balaban J connectivity index is 1.79. The molecule has 2 fully saturated rings. The van der Waals surface area contributed by atoms with Crippen molar-refractivity contribution in [2.24, 2.45) is 5.92 Å². The predicted molar refractivity (Wildman–Crippen MR) is 74.4 cm³/mol. The van der Waals surface area contributed by atoms with Crippen LogP contribution in [-0.4, -0.2) is 32.3 Å². The molecule has 0 amide bonds. The lowest BCUT2D eigenvalue weighted by Gasteiger charge is -2.28. The second kappa shape index (κ2) is 5.95. The third-order valence-corrected chi connectivity index (χ3v) is 4.04. The number of halogens is 2. The summed E-state index contributed by atoms with van der Waals surface area (Å²) in [5, 5.41) is 3.57. The number of hydrogen-bond acceptors (Lipinski definition) is 3. The summed E-state index contributed by atoms with van der Waals surface area (Å²) in [5.74, 6) is 1.03. The second-order valence-electron chi connectivity index (χ2n) is 5.54. The molecule has 20 heavy (non-hydrogen) atoms. The summed E-state index contributed by atoms with van der Waals surface area (Å²) in [6, 6.07) is 7.56. The van der Waals surface area contributed by atoms with Gasteiger partial charge in [-0.1, -0.05) is 12.1 Å². The van der Waals surface area contributed by atoms with Gasteiger partial charge in [-0.15, -0.1) is 0 Å². The van der Waals surface area contributed by atoms with Crippen LogP contribution in [-0.2, 0) is 0 Å². The molecule has 0 spiro atoms. The minimum atomic E-state index is -2.78. The van der Waals surface area contributed by atoms with Crippen molar-refractivity contribution in [3.8, 4) is 5.75 Å². The normalized spacial score (nSPS) is 23.8. The number of rotatable bonds is 4. The molecule has 1 heterocycles. The zero-order chi connectivity index (χ0) is 13.9. The highest BCUT2D eigenvalue weighted by Gasteiger charge is 2.33. The number of para-hydroxylation sites is 2. The van der Waals surface area contributed by atoms with E-state index in [-0.39, 0.29) is 5.75 Å². The van der Waals surface area contributed by atoms with Gasteiger partial charge in [-0.3, -0.25) is 0 Å². The number of benzene rings is 1. The minimum Gasteiger partial charge on any atom is -0.433 e. The van der Waals surface area contributed by atoms with Gasteiger partial charge in [0, 0.05) is 19.1 Å². The monoisotopic (exact) mass is 282 g/mol. The first kappa shape index (κ1) is 13.6. The van der Waals surface area contributed by atoms with E-state index in [1.165, 1.54) is 12.8 Å². The van der Waals surface area contributed by atoms with Crippen LogP contribution in [0, 0.1) is 5.92 Å². The molecule has 110 valence electrons. The van der Waals surface area contributed by atoms with Crippen LogP contribution in [0.3, 0.4) is 0 Å². The molecule has 0 aromatic heterocycles. The highest BCUT2D eigenvalue weighted by atomic mass is 19.3. The summed E-state index contributed by atoms with van der Waals surface area (Å²) < 4.78 is 29.7. The summed E-state index contributed by atoms with van der Waals surface area (Å²) >= 11 is 0. The molecule has 1 saturated carbocycles. The Morgan fingerprint density at radius 2 is 2.05 bits per heavy atom. The lowest BCUT2D eigenvalue weighted by molar-refractivity contribution is -0.0495. The Morgan fingerprint density at radius 1 is 1.25 bits per heavy atom. The van der Waals surface area contributed by atoms with Gasteiger partial charge >= 0.3 is 6.61 Å². The van der Waals surface area contributed by atoms with Gasteiger partial charge in [0.25, 0.3) is 0 Å². The number of nitrogens with zero attached hydrogens (tertiary/aromatic N) is 1. The summed E-state index contributed by atoms with van der Waals surface area (Å²) in [7, 11) is 0. The Hall–Kier alpha value is -1.36. The van der Waals surface area contributed by atoms with Crippen molar-refractivity contribution in [2.45, 2.75) is 31.9 Å². The van der Waals surface area contributed by atoms with E-state index < -0.39 is 6.61 Å². The molecule has 1 aliphatic heterocycles. The van der Waals surface area contributed by atoms with Gasteiger partial charge in [-0.05, 0) is 43.9 Å². The molecule has 0 bridgehead atoms. The van der Waals surface area contributed by atoms with E-state index in [4.69, 9.17) is 0 Å². The van der Waals surface area contributed by atoms with Crippen LogP contribution in [0.25, 0.3) is 0 Å². The molecule has 1 unspecified atom stereocenters. The third kappa shape index (κ3) is 3.20. The molecule has 1 aromatic rings. The lowest BCUT2D eigenvalue weighted by Crippen LogP contribution is -2.39. The average molecular weight is 282 g/mol. The van der Waals surface area contributed by atoms with Gasteiger partial charge in [0.1, 0.15) is 5.75 Å². The maximum absolute atomic E-state index is 12.5. The Morgan fingerprint density at radius 3 is 2.80 bits per heavy atom. The van der Waals surface area contributed by atoms with Crippen LogP contribution in [0.2, 0.25) is 0 Å². The Labute approximate surface area is 117 Å². The first-order chi connectivity index (χ1) is 9.74. The molecule has 1 atom stereocenters. The van der Waals surface area contributed by atoms with E-state index in [2.05, 4.69) is 15.0 Å². The van der Waals surface area contributed by atoms with Crippen LogP contribution >= 0.6 is 0 Å². The second-order valence-corrected chi connectivity index (χ2v) is 5.54. The predicted octanol–water partition coefficient (Wildman–Crippen LogP) is 2.87. The highest BCUT2D eigenvalue weighted by Crippen LogP contribution is 2.36. The van der Waals surface area contributed by atoms with Crippen molar-refractivity contribution in [1.29, 1.82) is 0 Å². The maximum Gasteiger partial charge on any atom is 0.387 e. The van der Waals surface area contributed by atoms with Crippen LogP contribution < -0.4 is 15.0 Å². The number of ether oxygens (including phenoxy) is 1. The first-order valence-electron chi connectivity index (χ1n) is 7.26. The fourth-order valence-electron chi connectivity index (χ4n) is 2.90. The molecule has 1 saturated heterocycles. The van der Waals surface area contributed by atoms with Crippen molar-refractivity contribution in [3.05, 3.63) is 24.3 Å². The van der Waals surface area contributed by atoms with E-state index in [1.807, 2.05) is 12.1 Å². The van der Waals surface area contributed by atoms with E-state index in [0.29, 0.717) is 6.04 Å². The van der Waals surface area contributed by atoms with Gasteiger partial charge in [-0.25, -0.2) is 0 Å². The van der Waals surface area contributed by atoms with E-state index >= 15 is 0 Å². The number of anilines is 1. The van der Waals surface area contributed by atoms with Gasteiger partial charge in [0.15, 0.2) is 0 Å². The van der Waals surface area contributed by atoms with Gasteiger partial charge in [-0.2, -0.15) is 8.78 Å². The molecule has 1 aromatic carbocycles. The average Bonchev–Trinajstić information content (AvgIpc) is 3.25. The summed E-state index contributed by atoms with van der Waals surface area (Å²) in [6.45, 7) is -0.0376. The molecule has 2 aliphatic rings. The van der Waals surface area contributed by atoms with E-state index in [9.17, 15) is 8.78 Å². The van der Waals surface area contributed by atoms with E-state index in [1.54, 1.807) is 12.1 Å². The fourth-order valence-corrected chi connectivity index (χ4v) is 2.90. The topological polar surface area (TPSA) is 24.5 Å². The van der Waals surface area contributed by atoms with Crippen molar-refractivity contribution < 1.29 is 13.5 Å². The molecule has 3 rings (SSSR count). The first-order valence-corrected chi connectivity index (χ1v) is 7.26. The molecule has 1 N–H and O–H groups in total. The summed E-state index contributed by atoms with van der Waals surface area (Å²) in [5.41, 5.74) is 0.780. The quantitative estimate of drug-likeness (QED) is 0.919. The summed E-state index contributed by atoms with van der Waals surface area (Å²) in [4.78, 5) is 2.18. The molecule has 5 heteroatoms. The smallest absolute Gasteiger partial charge is 0.387 e. The van der Waals surface area contributed by atoms with Crippen LogP contribution in [0.1, 0.15) is 19.3 Å². The SMILES string of the molecule is FC(F)Oc1ccccc1N1CCCNC(C2CC2)C1. The number of nitrogens with one attached hydrogen (secondary N) is 1. The number of alkyl halides is 2. The lowest BCUT2D eigenvalue weighted by atomic mass is 10.1. The van der Waals surface area contributed by atoms with Crippen molar-refractivity contribution >= 4 is 5.69 Å². The fraction of sp³-hybridized carbons (Fsp3) is 0.600. The van der Waals surface area contributed by atoms with Gasteiger partial charge < -0.3 is 15.0 Å². The molecular weight excluding hydrogens is 262 g/mol. The van der Waals surface area contributed by atoms with Crippen molar-refractivity contribution in [3.63, 3.8) is 0 Å². The van der Waals surface area contributed by atoms with Crippen molar-refractivity contribution in [2.75, 3.05) is 24.5 Å². The molecule has 3 nitrogen and oxygen atoms in total. The zero-order valence-electron chi connectivity index (χ0n) is 11.4. The van der Waals surface area contributed by atoms with Crippen LogP contribution in [0.5, 0.6) is 5.75 Å². The number of hydrogen-bond donors (Lipinski definition) is 1. The summed E-state index contributed by atoms with van der Waals surface area (Å²) in [6.07, 6.45) is 3.58. The minimum absolute atomic E-state index is 0.277. The maximum atomic E-state index is 12.5. The highest BCUT2D eigenvalue weighted by molar-refractivity contribution is 5.58. The van der Waals surface area contributed by atoms with Gasteiger partial charge in [0.2, 0.25) is 0 Å². The molecule has 0 radical (unpaired) electrons. The standard InChI is InChI=1S/C15H20F2N2O/c16-15(17)20-14-5-2-1-4-13(14)19-9-3-8-18-12(10-19)11-6-7-11/h1-2,4-5,11-12,15,18H,3,6-10H2. The third-order valence-electron chi connectivity index (χ3n) is 4.04. The van der Waals surface area contributed by atoms with Gasteiger partial charge in [0.05, 0.1) is 5.69 Å². The van der Waals surface area contributed by atoms with E-state index in [0.717, 1.165) is 37.7 Å². The largest absolute Gasteiger partial charge is 0.433 e. The van der Waals surface area contributed by atoms with Crippen LogP contribution in [0.4, 0.5) is 14.5 Å². The Bertz CT molecular complexity index is 451. The van der Waals surface area contributed by atoms with Crippen LogP contribution in [0.15, 0.2) is 24.3 Å². The zero-order valence-corrected chi connectivity index (χ0v) is 11.4.